The molecule has 0 saturated carbocycles. The van der Waals surface area contributed by atoms with E-state index in [-0.39, 0.29) is 5.97 Å². The molecule has 0 fully saturated rings. The SMILES string of the molecule is COC(=O)CCOc1ccc2c(c1)CCC2. The number of benzene rings is 1. The van der Waals surface area contributed by atoms with E-state index in [1.165, 1.54) is 31.1 Å². The fourth-order valence-corrected chi connectivity index (χ4v) is 1.99. The minimum Gasteiger partial charge on any atom is -0.493 e. The van der Waals surface area contributed by atoms with Crippen LogP contribution in [0.2, 0.25) is 0 Å². The molecule has 0 aliphatic heterocycles. The summed E-state index contributed by atoms with van der Waals surface area (Å²) in [7, 11) is 1.39. The van der Waals surface area contributed by atoms with Crippen molar-refractivity contribution in [3.63, 3.8) is 0 Å². The van der Waals surface area contributed by atoms with E-state index in [1.807, 2.05) is 6.07 Å². The summed E-state index contributed by atoms with van der Waals surface area (Å²) in [5.74, 6) is 0.616. The standard InChI is InChI=1S/C13H16O3/c1-15-13(14)7-8-16-12-6-5-10-3-2-4-11(10)9-12/h5-6,9H,2-4,7-8H2,1H3. The number of carbonyl (C=O) groups excluding carboxylic acids is 1. The van der Waals surface area contributed by atoms with Crippen LogP contribution in [0.15, 0.2) is 18.2 Å². The highest BCUT2D eigenvalue weighted by molar-refractivity contribution is 5.69. The third-order valence-corrected chi connectivity index (χ3v) is 2.87. The van der Waals surface area contributed by atoms with Gasteiger partial charge in [-0.2, -0.15) is 0 Å². The molecule has 16 heavy (non-hydrogen) atoms. The number of methoxy groups -OCH3 is 1. The number of ether oxygens (including phenoxy) is 2. The molecule has 0 amide bonds. The quantitative estimate of drug-likeness (QED) is 0.729. The summed E-state index contributed by atoms with van der Waals surface area (Å²) in [6, 6.07) is 6.18. The molecular formula is C13H16O3. The summed E-state index contributed by atoms with van der Waals surface area (Å²) in [4.78, 5) is 10.9. The van der Waals surface area contributed by atoms with Crippen molar-refractivity contribution < 1.29 is 14.3 Å². The van der Waals surface area contributed by atoms with Crippen LogP contribution < -0.4 is 4.74 Å². The normalized spacial score (nSPS) is 13.3. The molecule has 0 N–H and O–H groups in total. The number of hydrogen-bond donors (Lipinski definition) is 0. The highest BCUT2D eigenvalue weighted by Gasteiger charge is 2.11. The Morgan fingerprint density at radius 2 is 2.12 bits per heavy atom. The molecule has 3 heteroatoms. The third-order valence-electron chi connectivity index (χ3n) is 2.87. The van der Waals surface area contributed by atoms with Gasteiger partial charge in [0.1, 0.15) is 5.75 Å². The van der Waals surface area contributed by atoms with Crippen molar-refractivity contribution in [2.45, 2.75) is 25.7 Å². The lowest BCUT2D eigenvalue weighted by Crippen LogP contribution is -2.07. The van der Waals surface area contributed by atoms with Gasteiger partial charge in [-0.1, -0.05) is 6.07 Å². The predicted molar refractivity (Wildman–Crippen MR) is 60.6 cm³/mol. The number of hydrogen-bond acceptors (Lipinski definition) is 3. The Hall–Kier alpha value is -1.51. The summed E-state index contributed by atoms with van der Waals surface area (Å²) < 4.78 is 10.0. The van der Waals surface area contributed by atoms with E-state index in [0.717, 1.165) is 12.2 Å². The van der Waals surface area contributed by atoms with Crippen molar-refractivity contribution in [2.24, 2.45) is 0 Å². The molecule has 0 saturated heterocycles. The molecule has 1 aromatic rings. The highest BCUT2D eigenvalue weighted by atomic mass is 16.5. The van der Waals surface area contributed by atoms with Gasteiger partial charge in [-0.25, -0.2) is 0 Å². The Labute approximate surface area is 95.4 Å². The van der Waals surface area contributed by atoms with Gasteiger partial charge in [0.25, 0.3) is 0 Å². The van der Waals surface area contributed by atoms with Crippen molar-refractivity contribution in [3.05, 3.63) is 29.3 Å². The fourth-order valence-electron chi connectivity index (χ4n) is 1.99. The van der Waals surface area contributed by atoms with Crippen LogP contribution in [0.5, 0.6) is 5.75 Å². The molecule has 2 rings (SSSR count). The van der Waals surface area contributed by atoms with Gasteiger partial charge < -0.3 is 9.47 Å². The number of fused-ring (bicyclic) bond motifs is 1. The summed E-state index contributed by atoms with van der Waals surface area (Å²) >= 11 is 0. The molecule has 1 aliphatic carbocycles. The lowest BCUT2D eigenvalue weighted by molar-refractivity contribution is -0.141. The Bertz CT molecular complexity index is 385. The zero-order valence-corrected chi connectivity index (χ0v) is 9.49. The third kappa shape index (κ3) is 2.54. The summed E-state index contributed by atoms with van der Waals surface area (Å²) in [6.45, 7) is 0.380. The zero-order chi connectivity index (χ0) is 11.4. The van der Waals surface area contributed by atoms with E-state index in [9.17, 15) is 4.79 Å². The molecule has 1 aromatic carbocycles. The second-order valence-corrected chi connectivity index (χ2v) is 3.96. The molecule has 0 unspecified atom stereocenters. The van der Waals surface area contributed by atoms with Crippen LogP contribution in [0, 0.1) is 0 Å². The van der Waals surface area contributed by atoms with Gasteiger partial charge in [-0.05, 0) is 42.5 Å². The molecule has 0 bridgehead atoms. The maximum absolute atomic E-state index is 10.9. The van der Waals surface area contributed by atoms with E-state index in [0.29, 0.717) is 13.0 Å². The smallest absolute Gasteiger partial charge is 0.308 e. The molecule has 0 spiro atoms. The first kappa shape index (κ1) is 11.0. The number of aryl methyl sites for hydroxylation is 2. The highest BCUT2D eigenvalue weighted by Crippen LogP contribution is 2.25. The van der Waals surface area contributed by atoms with E-state index in [4.69, 9.17) is 4.74 Å². The average Bonchev–Trinajstić information content (AvgIpc) is 2.76. The molecule has 1 aliphatic rings. The molecule has 0 heterocycles. The molecular weight excluding hydrogens is 204 g/mol. The van der Waals surface area contributed by atoms with Gasteiger partial charge in [-0.3, -0.25) is 4.79 Å². The van der Waals surface area contributed by atoms with Crippen molar-refractivity contribution in [1.29, 1.82) is 0 Å². The van der Waals surface area contributed by atoms with Gasteiger partial charge in [0, 0.05) is 0 Å². The van der Waals surface area contributed by atoms with Crippen molar-refractivity contribution in [3.8, 4) is 5.75 Å². The van der Waals surface area contributed by atoms with Crippen LogP contribution in [0.1, 0.15) is 24.0 Å². The van der Waals surface area contributed by atoms with Crippen LogP contribution in [0.4, 0.5) is 0 Å². The summed E-state index contributed by atoms with van der Waals surface area (Å²) in [6.07, 6.45) is 3.86. The monoisotopic (exact) mass is 220 g/mol. The van der Waals surface area contributed by atoms with E-state index in [1.54, 1.807) is 0 Å². The Balaban J connectivity index is 1.88. The minimum atomic E-state index is -0.235. The molecule has 86 valence electrons. The number of carbonyl (C=O) groups is 1. The average molecular weight is 220 g/mol. The number of rotatable bonds is 4. The maximum atomic E-state index is 10.9. The van der Waals surface area contributed by atoms with Crippen LogP contribution in [0.25, 0.3) is 0 Å². The van der Waals surface area contributed by atoms with Gasteiger partial charge in [0.05, 0.1) is 20.1 Å². The van der Waals surface area contributed by atoms with E-state index >= 15 is 0 Å². The zero-order valence-electron chi connectivity index (χ0n) is 9.49. The van der Waals surface area contributed by atoms with Crippen molar-refractivity contribution in [2.75, 3.05) is 13.7 Å². The fraction of sp³-hybridized carbons (Fsp3) is 0.462. The van der Waals surface area contributed by atoms with Crippen LogP contribution in [0.3, 0.4) is 0 Å². The maximum Gasteiger partial charge on any atom is 0.308 e. The molecule has 0 radical (unpaired) electrons. The lowest BCUT2D eigenvalue weighted by atomic mass is 10.1. The van der Waals surface area contributed by atoms with Crippen molar-refractivity contribution >= 4 is 5.97 Å². The Morgan fingerprint density at radius 1 is 1.31 bits per heavy atom. The van der Waals surface area contributed by atoms with Crippen LogP contribution in [-0.4, -0.2) is 19.7 Å². The largest absolute Gasteiger partial charge is 0.493 e. The first-order chi connectivity index (χ1) is 7.79. The lowest BCUT2D eigenvalue weighted by Gasteiger charge is -2.07. The minimum absolute atomic E-state index is 0.235. The van der Waals surface area contributed by atoms with Crippen LogP contribution in [-0.2, 0) is 22.4 Å². The molecule has 0 atom stereocenters. The van der Waals surface area contributed by atoms with Gasteiger partial charge >= 0.3 is 5.97 Å². The Kier molecular flexibility index (Phi) is 3.44. The summed E-state index contributed by atoms with van der Waals surface area (Å²) in [5, 5.41) is 0. The topological polar surface area (TPSA) is 35.5 Å². The number of esters is 1. The second-order valence-electron chi connectivity index (χ2n) is 3.96. The van der Waals surface area contributed by atoms with E-state index < -0.39 is 0 Å². The summed E-state index contributed by atoms with van der Waals surface area (Å²) in [5.41, 5.74) is 2.82. The first-order valence-electron chi connectivity index (χ1n) is 5.61. The molecule has 0 aromatic heterocycles. The predicted octanol–water partition coefficient (Wildman–Crippen LogP) is 2.12. The van der Waals surface area contributed by atoms with Gasteiger partial charge in [-0.15, -0.1) is 0 Å². The molecule has 3 nitrogen and oxygen atoms in total. The second kappa shape index (κ2) is 5.01. The van der Waals surface area contributed by atoms with Gasteiger partial charge in [0.2, 0.25) is 0 Å². The Morgan fingerprint density at radius 3 is 2.94 bits per heavy atom. The van der Waals surface area contributed by atoms with Crippen LogP contribution >= 0.6 is 0 Å². The van der Waals surface area contributed by atoms with Crippen molar-refractivity contribution in [1.82, 2.24) is 0 Å². The first-order valence-corrected chi connectivity index (χ1v) is 5.61. The van der Waals surface area contributed by atoms with E-state index in [2.05, 4.69) is 16.9 Å². The van der Waals surface area contributed by atoms with Gasteiger partial charge in [0.15, 0.2) is 0 Å².